The summed E-state index contributed by atoms with van der Waals surface area (Å²) in [5.41, 5.74) is 2.58. The molecule has 0 saturated carbocycles. The summed E-state index contributed by atoms with van der Waals surface area (Å²) in [6, 6.07) is 13.3. The summed E-state index contributed by atoms with van der Waals surface area (Å²) in [7, 11) is 0. The predicted octanol–water partition coefficient (Wildman–Crippen LogP) is 3.75. The minimum absolute atomic E-state index is 0.00718. The summed E-state index contributed by atoms with van der Waals surface area (Å²) >= 11 is 0. The van der Waals surface area contributed by atoms with Gasteiger partial charge < -0.3 is 19.7 Å². The van der Waals surface area contributed by atoms with Gasteiger partial charge in [0.05, 0.1) is 12.2 Å². The van der Waals surface area contributed by atoms with Crippen molar-refractivity contribution in [3.8, 4) is 11.5 Å². The van der Waals surface area contributed by atoms with E-state index in [1.807, 2.05) is 12.1 Å². The van der Waals surface area contributed by atoms with E-state index in [2.05, 4.69) is 38.2 Å². The van der Waals surface area contributed by atoms with Crippen LogP contribution in [-0.4, -0.2) is 31.6 Å². The number of ether oxygens (including phenoxy) is 2. The summed E-state index contributed by atoms with van der Waals surface area (Å²) in [5, 5.41) is 2.73. The van der Waals surface area contributed by atoms with Crippen molar-refractivity contribution in [3.05, 3.63) is 48.0 Å². The first kappa shape index (κ1) is 19.7. The van der Waals surface area contributed by atoms with E-state index in [9.17, 15) is 9.59 Å². The van der Waals surface area contributed by atoms with E-state index in [1.54, 1.807) is 23.1 Å². The van der Waals surface area contributed by atoms with Crippen LogP contribution in [0.15, 0.2) is 42.5 Å². The number of fused-ring (bicyclic) bond motifs is 1. The molecule has 148 valence electrons. The number of amides is 2. The topological polar surface area (TPSA) is 67.9 Å². The van der Waals surface area contributed by atoms with Crippen molar-refractivity contribution >= 4 is 23.2 Å². The lowest BCUT2D eigenvalue weighted by molar-refractivity contribution is -0.121. The van der Waals surface area contributed by atoms with E-state index < -0.39 is 0 Å². The van der Waals surface area contributed by atoms with E-state index >= 15 is 0 Å². The van der Waals surface area contributed by atoms with Crippen LogP contribution in [0.25, 0.3) is 0 Å². The molecule has 1 aliphatic heterocycles. The van der Waals surface area contributed by atoms with Gasteiger partial charge in [0.2, 0.25) is 5.91 Å². The second kappa shape index (κ2) is 7.92. The van der Waals surface area contributed by atoms with E-state index in [0.717, 1.165) is 5.75 Å². The largest absolute Gasteiger partial charge is 0.492 e. The van der Waals surface area contributed by atoms with Gasteiger partial charge in [-0.2, -0.15) is 0 Å². The minimum Gasteiger partial charge on any atom is -0.492 e. The molecule has 1 heterocycles. The molecule has 0 atom stereocenters. The van der Waals surface area contributed by atoms with Crippen LogP contribution in [0, 0.1) is 0 Å². The van der Waals surface area contributed by atoms with Gasteiger partial charge in [0, 0.05) is 12.6 Å². The minimum atomic E-state index is -0.170. The van der Waals surface area contributed by atoms with Crippen molar-refractivity contribution in [3.63, 3.8) is 0 Å². The quantitative estimate of drug-likeness (QED) is 0.855. The zero-order chi connectivity index (χ0) is 20.3. The van der Waals surface area contributed by atoms with Crippen LogP contribution in [-0.2, 0) is 15.0 Å². The number of carbonyl (C=O) groups excluding carboxylic acids is 2. The molecule has 0 spiro atoms. The third kappa shape index (κ3) is 4.63. The molecule has 3 rings (SSSR count). The number of rotatable bonds is 5. The van der Waals surface area contributed by atoms with Gasteiger partial charge in [-0.3, -0.25) is 9.59 Å². The monoisotopic (exact) mass is 382 g/mol. The Kier molecular flexibility index (Phi) is 5.58. The summed E-state index contributed by atoms with van der Waals surface area (Å²) in [6.07, 6.45) is 0. The number of nitrogens with zero attached hydrogens (tertiary/aromatic N) is 1. The Balaban J connectivity index is 1.67. The van der Waals surface area contributed by atoms with Gasteiger partial charge in [0.25, 0.3) is 5.91 Å². The molecule has 0 aromatic heterocycles. The van der Waals surface area contributed by atoms with Crippen LogP contribution >= 0.6 is 0 Å². The summed E-state index contributed by atoms with van der Waals surface area (Å²) < 4.78 is 11.3. The standard InChI is InChI=1S/C22H26N2O4/c1-15(25)23-17-7-10-20-19(13-17)24(21(26)14-28-20)11-12-27-18-8-5-16(6-9-18)22(2,3)4/h5-10,13H,11-12,14H2,1-4H3,(H,23,25). The lowest BCUT2D eigenvalue weighted by Crippen LogP contribution is -2.41. The van der Waals surface area contributed by atoms with Gasteiger partial charge in [-0.15, -0.1) is 0 Å². The summed E-state index contributed by atoms with van der Waals surface area (Å²) in [5.74, 6) is 1.07. The van der Waals surface area contributed by atoms with Crippen molar-refractivity contribution in [1.82, 2.24) is 0 Å². The molecule has 1 N–H and O–H groups in total. The highest BCUT2D eigenvalue weighted by Gasteiger charge is 2.26. The summed E-state index contributed by atoms with van der Waals surface area (Å²) in [6.45, 7) is 8.67. The van der Waals surface area contributed by atoms with Crippen LogP contribution in [0.1, 0.15) is 33.3 Å². The maximum atomic E-state index is 12.3. The van der Waals surface area contributed by atoms with E-state index in [0.29, 0.717) is 30.3 Å². The van der Waals surface area contributed by atoms with Gasteiger partial charge in [0.15, 0.2) is 6.61 Å². The highest BCUT2D eigenvalue weighted by atomic mass is 16.5. The average Bonchev–Trinajstić information content (AvgIpc) is 2.63. The Morgan fingerprint density at radius 2 is 1.89 bits per heavy atom. The van der Waals surface area contributed by atoms with Crippen molar-refractivity contribution in [1.29, 1.82) is 0 Å². The Morgan fingerprint density at radius 3 is 2.54 bits per heavy atom. The van der Waals surface area contributed by atoms with Crippen LogP contribution in [0.3, 0.4) is 0 Å². The van der Waals surface area contributed by atoms with Gasteiger partial charge in [-0.05, 0) is 41.3 Å². The van der Waals surface area contributed by atoms with Crippen LogP contribution in [0.2, 0.25) is 0 Å². The molecule has 2 amide bonds. The molecule has 2 aromatic carbocycles. The molecule has 1 aliphatic rings. The molecule has 0 radical (unpaired) electrons. The molecule has 2 aromatic rings. The first-order valence-electron chi connectivity index (χ1n) is 9.32. The number of benzene rings is 2. The molecule has 28 heavy (non-hydrogen) atoms. The van der Waals surface area contributed by atoms with Gasteiger partial charge in [-0.1, -0.05) is 32.9 Å². The van der Waals surface area contributed by atoms with Crippen LogP contribution in [0.5, 0.6) is 11.5 Å². The van der Waals surface area contributed by atoms with Crippen molar-refractivity contribution < 1.29 is 19.1 Å². The van der Waals surface area contributed by atoms with Crippen molar-refractivity contribution in [2.45, 2.75) is 33.1 Å². The third-order valence-corrected chi connectivity index (χ3v) is 4.53. The fourth-order valence-electron chi connectivity index (χ4n) is 3.03. The maximum absolute atomic E-state index is 12.3. The van der Waals surface area contributed by atoms with E-state index in [4.69, 9.17) is 9.47 Å². The third-order valence-electron chi connectivity index (χ3n) is 4.53. The molecule has 0 saturated heterocycles. The van der Waals surface area contributed by atoms with E-state index in [-0.39, 0.29) is 23.8 Å². The first-order valence-corrected chi connectivity index (χ1v) is 9.32. The zero-order valence-electron chi connectivity index (χ0n) is 16.7. The first-order chi connectivity index (χ1) is 13.2. The Morgan fingerprint density at radius 1 is 1.18 bits per heavy atom. The van der Waals surface area contributed by atoms with E-state index in [1.165, 1.54) is 12.5 Å². The van der Waals surface area contributed by atoms with Crippen molar-refractivity contribution in [2.75, 3.05) is 30.0 Å². The molecule has 0 fully saturated rings. The number of hydrogen-bond acceptors (Lipinski definition) is 4. The van der Waals surface area contributed by atoms with Gasteiger partial charge >= 0.3 is 0 Å². The normalized spacial score (nSPS) is 13.6. The molecular formula is C22H26N2O4. The highest BCUT2D eigenvalue weighted by Crippen LogP contribution is 2.34. The fourth-order valence-corrected chi connectivity index (χ4v) is 3.03. The molecule has 6 heteroatoms. The fraction of sp³-hybridized carbons (Fsp3) is 0.364. The Hall–Kier alpha value is -3.02. The SMILES string of the molecule is CC(=O)Nc1ccc2c(c1)N(CCOc1ccc(C(C)(C)C)cc1)C(=O)CO2. The number of carbonyl (C=O) groups is 2. The molecule has 6 nitrogen and oxygen atoms in total. The second-order valence-electron chi connectivity index (χ2n) is 7.82. The Bertz CT molecular complexity index is 869. The second-order valence-corrected chi connectivity index (χ2v) is 7.82. The number of nitrogens with one attached hydrogen (secondary N) is 1. The highest BCUT2D eigenvalue weighted by molar-refractivity contribution is 5.99. The maximum Gasteiger partial charge on any atom is 0.265 e. The van der Waals surface area contributed by atoms with Gasteiger partial charge in [0.1, 0.15) is 18.1 Å². The van der Waals surface area contributed by atoms with Crippen molar-refractivity contribution in [2.24, 2.45) is 0 Å². The number of hydrogen-bond donors (Lipinski definition) is 1. The van der Waals surface area contributed by atoms with Crippen LogP contribution < -0.4 is 19.7 Å². The molecule has 0 aliphatic carbocycles. The zero-order valence-corrected chi connectivity index (χ0v) is 16.7. The number of anilines is 2. The lowest BCUT2D eigenvalue weighted by Gasteiger charge is -2.29. The summed E-state index contributed by atoms with van der Waals surface area (Å²) in [4.78, 5) is 25.3. The molecule has 0 bridgehead atoms. The molecule has 0 unspecified atom stereocenters. The Labute approximate surface area is 165 Å². The molecular weight excluding hydrogens is 356 g/mol. The lowest BCUT2D eigenvalue weighted by atomic mass is 9.87. The van der Waals surface area contributed by atoms with Gasteiger partial charge in [-0.25, -0.2) is 0 Å². The van der Waals surface area contributed by atoms with Crippen LogP contribution in [0.4, 0.5) is 11.4 Å². The average molecular weight is 382 g/mol. The smallest absolute Gasteiger partial charge is 0.265 e. The predicted molar refractivity (Wildman–Crippen MR) is 109 cm³/mol.